The molecule has 0 saturated carbocycles. The Balaban J connectivity index is 2.35. The van der Waals surface area contributed by atoms with Crippen LogP contribution in [0.4, 0.5) is 0 Å². The van der Waals surface area contributed by atoms with Crippen LogP contribution in [0.3, 0.4) is 0 Å². The largest absolute Gasteiger partial charge is 0.370 e. The van der Waals surface area contributed by atoms with Gasteiger partial charge in [0.05, 0.1) is 23.8 Å². The second kappa shape index (κ2) is 7.08. The molecule has 0 aromatic rings. The van der Waals surface area contributed by atoms with Gasteiger partial charge in [0.2, 0.25) is 0 Å². The maximum atomic E-state index is 9.08. The first kappa shape index (κ1) is 15.4. The molecule has 1 rings (SSSR count). The molecule has 18 heavy (non-hydrogen) atoms. The minimum atomic E-state index is -0.0728. The number of nitrogens with one attached hydrogen (secondary N) is 1. The molecule has 1 aliphatic heterocycles. The van der Waals surface area contributed by atoms with Crippen LogP contribution in [0.5, 0.6) is 0 Å². The van der Waals surface area contributed by atoms with E-state index in [1.165, 1.54) is 0 Å². The highest BCUT2D eigenvalue weighted by Gasteiger charge is 2.31. The Kier molecular flexibility index (Phi) is 6.07. The normalized spacial score (nSPS) is 25.6. The lowest BCUT2D eigenvalue weighted by atomic mass is 10.0. The number of nitrogens with zero attached hydrogens (tertiary/aromatic N) is 2. The van der Waals surface area contributed by atoms with Gasteiger partial charge in [-0.2, -0.15) is 5.26 Å². The van der Waals surface area contributed by atoms with Crippen LogP contribution in [-0.2, 0) is 4.74 Å². The molecule has 0 bridgehead atoms. The Morgan fingerprint density at radius 3 is 2.83 bits per heavy atom. The Labute approximate surface area is 111 Å². The quantitative estimate of drug-likeness (QED) is 0.783. The predicted molar refractivity (Wildman–Crippen MR) is 73.4 cm³/mol. The highest BCUT2D eigenvalue weighted by atomic mass is 16.5. The number of nitriles is 1. The van der Waals surface area contributed by atoms with Crippen molar-refractivity contribution in [2.45, 2.75) is 58.3 Å². The Hall–Kier alpha value is -0.630. The summed E-state index contributed by atoms with van der Waals surface area (Å²) in [6.45, 7) is 12.3. The maximum Gasteiger partial charge on any atom is 0.0965 e. The van der Waals surface area contributed by atoms with Crippen molar-refractivity contribution in [2.75, 3.05) is 26.2 Å². The lowest BCUT2D eigenvalue weighted by molar-refractivity contribution is -0.128. The summed E-state index contributed by atoms with van der Waals surface area (Å²) >= 11 is 0. The topological polar surface area (TPSA) is 48.3 Å². The summed E-state index contributed by atoms with van der Waals surface area (Å²) in [7, 11) is 0. The van der Waals surface area contributed by atoms with E-state index in [0.717, 1.165) is 39.0 Å². The molecular weight excluding hydrogens is 226 g/mol. The zero-order valence-corrected chi connectivity index (χ0v) is 12.2. The molecule has 1 fully saturated rings. The Morgan fingerprint density at radius 2 is 2.28 bits per heavy atom. The number of morpholine rings is 1. The third kappa shape index (κ3) is 5.34. The first-order valence-electron chi connectivity index (χ1n) is 7.00. The van der Waals surface area contributed by atoms with Gasteiger partial charge in [0.25, 0.3) is 0 Å². The van der Waals surface area contributed by atoms with Crippen molar-refractivity contribution in [1.82, 2.24) is 10.2 Å². The van der Waals surface area contributed by atoms with Crippen LogP contribution in [0, 0.1) is 11.3 Å². The second-order valence-electron chi connectivity index (χ2n) is 5.85. The zero-order chi connectivity index (χ0) is 13.6. The van der Waals surface area contributed by atoms with Crippen LogP contribution in [-0.4, -0.2) is 48.8 Å². The molecule has 0 spiro atoms. The predicted octanol–water partition coefficient (Wildman–Crippen LogP) is 1.77. The van der Waals surface area contributed by atoms with Gasteiger partial charge in [-0.25, -0.2) is 0 Å². The average molecular weight is 253 g/mol. The van der Waals surface area contributed by atoms with Crippen LogP contribution >= 0.6 is 0 Å². The fraction of sp³-hybridized carbons (Fsp3) is 0.929. The number of rotatable bonds is 6. The van der Waals surface area contributed by atoms with E-state index in [1.54, 1.807) is 0 Å². The minimum Gasteiger partial charge on any atom is -0.370 e. The highest BCUT2D eigenvalue weighted by Crippen LogP contribution is 2.20. The molecule has 4 heteroatoms. The van der Waals surface area contributed by atoms with Gasteiger partial charge < -0.3 is 10.1 Å². The first-order valence-corrected chi connectivity index (χ1v) is 7.00. The number of ether oxygens (including phenoxy) is 1. The summed E-state index contributed by atoms with van der Waals surface area (Å²) in [4.78, 5) is 2.41. The molecule has 4 nitrogen and oxygen atoms in total. The van der Waals surface area contributed by atoms with E-state index >= 15 is 0 Å². The van der Waals surface area contributed by atoms with Crippen molar-refractivity contribution in [2.24, 2.45) is 0 Å². The van der Waals surface area contributed by atoms with Gasteiger partial charge >= 0.3 is 0 Å². The molecule has 0 aromatic carbocycles. The summed E-state index contributed by atoms with van der Waals surface area (Å²) in [5.74, 6) is 0. The van der Waals surface area contributed by atoms with E-state index in [-0.39, 0.29) is 17.7 Å². The van der Waals surface area contributed by atoms with Crippen LogP contribution in [0.1, 0.15) is 40.5 Å². The minimum absolute atomic E-state index is 0.0220. The van der Waals surface area contributed by atoms with Crippen LogP contribution in [0.15, 0.2) is 0 Å². The van der Waals surface area contributed by atoms with Gasteiger partial charge in [0.15, 0.2) is 0 Å². The van der Waals surface area contributed by atoms with Gasteiger partial charge in [0.1, 0.15) is 0 Å². The van der Waals surface area contributed by atoms with E-state index in [2.05, 4.69) is 44.0 Å². The molecule has 104 valence electrons. The van der Waals surface area contributed by atoms with Crippen molar-refractivity contribution >= 4 is 0 Å². The number of hydrogen-bond acceptors (Lipinski definition) is 4. The second-order valence-corrected chi connectivity index (χ2v) is 5.85. The van der Waals surface area contributed by atoms with Gasteiger partial charge in [-0.15, -0.1) is 0 Å². The molecule has 2 unspecified atom stereocenters. The summed E-state index contributed by atoms with van der Waals surface area (Å²) in [5.41, 5.74) is -0.0728. The molecule has 1 saturated heterocycles. The smallest absolute Gasteiger partial charge is 0.0965 e. The fourth-order valence-corrected chi connectivity index (χ4v) is 2.60. The summed E-state index contributed by atoms with van der Waals surface area (Å²) in [5, 5.41) is 12.4. The molecule has 1 N–H and O–H groups in total. The Bertz CT molecular complexity index is 285. The number of hydrogen-bond donors (Lipinski definition) is 1. The van der Waals surface area contributed by atoms with Gasteiger partial charge in [-0.1, -0.05) is 6.92 Å². The highest BCUT2D eigenvalue weighted by molar-refractivity contribution is 4.91. The van der Waals surface area contributed by atoms with Crippen molar-refractivity contribution in [1.29, 1.82) is 5.26 Å². The SMILES string of the molecule is CCCNC(C#N)CCN1CC(C)OC(C)(C)C1. The molecule has 0 aliphatic carbocycles. The monoisotopic (exact) mass is 253 g/mol. The standard InChI is InChI=1S/C14H27N3O/c1-5-7-16-13(9-15)6-8-17-10-12(2)18-14(3,4)11-17/h12-13,16H,5-8,10-11H2,1-4H3. The van der Waals surface area contributed by atoms with E-state index in [9.17, 15) is 0 Å². The molecule has 0 amide bonds. The lowest BCUT2D eigenvalue weighted by Crippen LogP contribution is -2.52. The molecule has 1 aliphatic rings. The third-order valence-corrected chi connectivity index (χ3v) is 3.17. The molecule has 0 radical (unpaired) electrons. The first-order chi connectivity index (χ1) is 8.46. The van der Waals surface area contributed by atoms with E-state index in [1.807, 2.05) is 0 Å². The van der Waals surface area contributed by atoms with Crippen LogP contribution < -0.4 is 5.32 Å². The van der Waals surface area contributed by atoms with E-state index < -0.39 is 0 Å². The Morgan fingerprint density at radius 1 is 1.56 bits per heavy atom. The third-order valence-electron chi connectivity index (χ3n) is 3.17. The molecule has 1 heterocycles. The van der Waals surface area contributed by atoms with E-state index in [0.29, 0.717) is 0 Å². The fourth-order valence-electron chi connectivity index (χ4n) is 2.60. The van der Waals surface area contributed by atoms with E-state index in [4.69, 9.17) is 10.00 Å². The maximum absolute atomic E-state index is 9.08. The van der Waals surface area contributed by atoms with Gasteiger partial charge in [-0.3, -0.25) is 4.90 Å². The van der Waals surface area contributed by atoms with Crippen LogP contribution in [0.2, 0.25) is 0 Å². The zero-order valence-electron chi connectivity index (χ0n) is 12.2. The summed E-state index contributed by atoms with van der Waals surface area (Å²) in [6.07, 6.45) is 2.23. The molecule has 0 aromatic heterocycles. The summed E-state index contributed by atoms with van der Waals surface area (Å²) in [6, 6.07) is 2.32. The lowest BCUT2D eigenvalue weighted by Gasteiger charge is -2.42. The molecular formula is C14H27N3O. The molecule has 2 atom stereocenters. The van der Waals surface area contributed by atoms with Crippen molar-refractivity contribution < 1.29 is 4.74 Å². The summed E-state index contributed by atoms with van der Waals surface area (Å²) < 4.78 is 5.88. The van der Waals surface area contributed by atoms with Crippen molar-refractivity contribution in [3.63, 3.8) is 0 Å². The van der Waals surface area contributed by atoms with Gasteiger partial charge in [0, 0.05) is 19.6 Å². The van der Waals surface area contributed by atoms with Gasteiger partial charge in [-0.05, 0) is 40.2 Å². The average Bonchev–Trinajstić information content (AvgIpc) is 2.26. The van der Waals surface area contributed by atoms with Crippen molar-refractivity contribution in [3.05, 3.63) is 0 Å². The van der Waals surface area contributed by atoms with Crippen LogP contribution in [0.25, 0.3) is 0 Å². The van der Waals surface area contributed by atoms with Crippen molar-refractivity contribution in [3.8, 4) is 6.07 Å².